The first kappa shape index (κ1) is 20.5. The second-order valence-corrected chi connectivity index (χ2v) is 7.51. The number of nitriles is 1. The summed E-state index contributed by atoms with van der Waals surface area (Å²) in [5.41, 5.74) is 2.02. The number of benzene rings is 1. The summed E-state index contributed by atoms with van der Waals surface area (Å²) in [5.74, 6) is -0.646. The molecule has 4 nitrogen and oxygen atoms in total. The predicted octanol–water partition coefficient (Wildman–Crippen LogP) is 5.35. The Balaban J connectivity index is 2.69. The molecule has 1 aliphatic heterocycles. The second kappa shape index (κ2) is 9.80. The smallest absolute Gasteiger partial charge is 0.315 e. The van der Waals surface area contributed by atoms with Crippen molar-refractivity contribution in [3.05, 3.63) is 45.5 Å². The van der Waals surface area contributed by atoms with Crippen molar-refractivity contribution in [1.29, 1.82) is 5.26 Å². The summed E-state index contributed by atoms with van der Waals surface area (Å²) in [5, 5.41) is 11.1. The zero-order valence-electron chi connectivity index (χ0n) is 15.3. The van der Waals surface area contributed by atoms with Crippen LogP contribution in [0.25, 0.3) is 0 Å². The van der Waals surface area contributed by atoms with Gasteiger partial charge in [-0.15, -0.1) is 11.8 Å². The van der Waals surface area contributed by atoms with Gasteiger partial charge in [-0.2, -0.15) is 5.26 Å². The quantitative estimate of drug-likeness (QED) is 0.589. The summed E-state index contributed by atoms with van der Waals surface area (Å²) < 4.78 is 5.34. The normalized spacial score (nSPS) is 19.7. The van der Waals surface area contributed by atoms with Crippen molar-refractivity contribution in [1.82, 2.24) is 0 Å². The Labute approximate surface area is 164 Å². The molecule has 1 aromatic rings. The summed E-state index contributed by atoms with van der Waals surface area (Å²) in [4.78, 5) is 17.5. The molecule has 26 heavy (non-hydrogen) atoms. The highest BCUT2D eigenvalue weighted by molar-refractivity contribution is 8.03. The van der Waals surface area contributed by atoms with Crippen molar-refractivity contribution >= 4 is 35.0 Å². The average Bonchev–Trinajstić information content (AvgIpc) is 2.62. The number of carbonyl (C=O) groups is 1. The first-order chi connectivity index (χ1) is 12.6. The first-order valence-corrected chi connectivity index (χ1v) is 10.2. The number of allylic oxidation sites excluding steroid dienone is 1. The number of aliphatic imine (C=N–C) groups is 1. The van der Waals surface area contributed by atoms with Gasteiger partial charge in [-0.25, -0.2) is 4.99 Å². The van der Waals surface area contributed by atoms with Crippen molar-refractivity contribution in [2.24, 2.45) is 10.9 Å². The lowest BCUT2D eigenvalue weighted by Crippen LogP contribution is -2.35. The maximum absolute atomic E-state index is 12.8. The molecule has 1 aromatic carbocycles. The van der Waals surface area contributed by atoms with E-state index in [-0.39, 0.29) is 12.6 Å². The molecule has 0 saturated heterocycles. The highest BCUT2D eigenvalue weighted by Crippen LogP contribution is 2.44. The van der Waals surface area contributed by atoms with Crippen LogP contribution < -0.4 is 0 Å². The summed E-state index contributed by atoms with van der Waals surface area (Å²) in [6.07, 6.45) is 1.53. The molecular weight excluding hydrogens is 368 g/mol. The highest BCUT2D eigenvalue weighted by Gasteiger charge is 2.42. The Bertz CT molecular complexity index is 767. The van der Waals surface area contributed by atoms with Crippen LogP contribution in [0.3, 0.4) is 0 Å². The van der Waals surface area contributed by atoms with Gasteiger partial charge in [0.2, 0.25) is 0 Å². The third-order valence-electron chi connectivity index (χ3n) is 4.17. The van der Waals surface area contributed by atoms with E-state index < -0.39 is 11.8 Å². The lowest BCUT2D eigenvalue weighted by atomic mass is 9.76. The molecule has 0 fully saturated rings. The number of esters is 1. The number of halogens is 1. The second-order valence-electron chi connectivity index (χ2n) is 5.85. The van der Waals surface area contributed by atoms with Crippen molar-refractivity contribution in [2.45, 2.75) is 39.5 Å². The number of nitrogens with zero attached hydrogens (tertiary/aromatic N) is 2. The molecule has 6 heteroatoms. The van der Waals surface area contributed by atoms with Crippen LogP contribution in [0, 0.1) is 17.2 Å². The van der Waals surface area contributed by atoms with Gasteiger partial charge in [0.25, 0.3) is 0 Å². The van der Waals surface area contributed by atoms with Crippen LogP contribution in [0.4, 0.5) is 0 Å². The number of hydrogen-bond donors (Lipinski definition) is 0. The van der Waals surface area contributed by atoms with E-state index in [1.807, 2.05) is 32.0 Å². The van der Waals surface area contributed by atoms with Gasteiger partial charge in [0.1, 0.15) is 10.9 Å². The Morgan fingerprint density at radius 3 is 2.65 bits per heavy atom. The summed E-state index contributed by atoms with van der Waals surface area (Å²) >= 11 is 7.97. The Morgan fingerprint density at radius 1 is 1.35 bits per heavy atom. The van der Waals surface area contributed by atoms with Crippen LogP contribution in [0.5, 0.6) is 0 Å². The Hall–Kier alpha value is -1.77. The molecule has 0 saturated carbocycles. The molecule has 1 unspecified atom stereocenters. The van der Waals surface area contributed by atoms with Gasteiger partial charge in [0, 0.05) is 16.7 Å². The summed E-state index contributed by atoms with van der Waals surface area (Å²) in [6.45, 7) is 6.13. The van der Waals surface area contributed by atoms with Gasteiger partial charge in [-0.1, -0.05) is 50.1 Å². The van der Waals surface area contributed by atoms with Crippen LogP contribution >= 0.6 is 23.4 Å². The molecule has 0 amide bonds. The van der Waals surface area contributed by atoms with Crippen molar-refractivity contribution in [3.63, 3.8) is 0 Å². The van der Waals surface area contributed by atoms with Gasteiger partial charge in [-0.3, -0.25) is 4.79 Å². The minimum atomic E-state index is -0.620. The van der Waals surface area contributed by atoms with Gasteiger partial charge < -0.3 is 4.74 Å². The fraction of sp³-hybridized carbons (Fsp3) is 0.450. The van der Waals surface area contributed by atoms with Gasteiger partial charge >= 0.3 is 5.97 Å². The van der Waals surface area contributed by atoms with E-state index in [1.165, 1.54) is 11.8 Å². The average molecular weight is 391 g/mol. The van der Waals surface area contributed by atoms with E-state index in [2.05, 4.69) is 6.07 Å². The fourth-order valence-corrected chi connectivity index (χ4v) is 4.19. The molecule has 0 aromatic heterocycles. The molecule has 0 spiro atoms. The topological polar surface area (TPSA) is 62.5 Å². The number of thioether (sulfide) groups is 1. The molecule has 2 rings (SSSR count). The third-order valence-corrected chi connectivity index (χ3v) is 5.38. The number of carbonyl (C=O) groups excluding carboxylic acids is 1. The number of ether oxygens (including phenoxy) is 1. The lowest BCUT2D eigenvalue weighted by Gasteiger charge is -2.31. The van der Waals surface area contributed by atoms with Crippen molar-refractivity contribution in [2.75, 3.05) is 12.4 Å². The minimum absolute atomic E-state index is 0.284. The lowest BCUT2D eigenvalue weighted by molar-refractivity contribution is -0.146. The Kier molecular flexibility index (Phi) is 7.74. The molecule has 0 N–H and O–H groups in total. The molecule has 138 valence electrons. The molecule has 1 aliphatic rings. The largest absolute Gasteiger partial charge is 0.465 e. The van der Waals surface area contributed by atoms with Crippen LogP contribution in [0.15, 0.2) is 39.9 Å². The molecule has 0 radical (unpaired) electrons. The van der Waals surface area contributed by atoms with E-state index in [0.29, 0.717) is 22.0 Å². The Morgan fingerprint density at radius 2 is 2.08 bits per heavy atom. The molecule has 0 aliphatic carbocycles. The van der Waals surface area contributed by atoms with Crippen molar-refractivity contribution in [3.8, 4) is 6.07 Å². The molecule has 2 atom stereocenters. The van der Waals surface area contributed by atoms with E-state index in [9.17, 15) is 10.1 Å². The predicted molar refractivity (Wildman–Crippen MR) is 107 cm³/mol. The van der Waals surface area contributed by atoms with Crippen molar-refractivity contribution < 1.29 is 9.53 Å². The summed E-state index contributed by atoms with van der Waals surface area (Å²) in [6, 6.07) is 9.66. The van der Waals surface area contributed by atoms with Gasteiger partial charge in [-0.05, 0) is 30.7 Å². The SMILES string of the molecule is CCCC1=NC(SCC)=C(C#N)[C@@H](c2ccccc2Cl)C1C(=O)OCC. The van der Waals surface area contributed by atoms with Crippen LogP contribution in [0.2, 0.25) is 5.02 Å². The van der Waals surface area contributed by atoms with Crippen LogP contribution in [-0.2, 0) is 9.53 Å². The zero-order chi connectivity index (χ0) is 19.1. The molecular formula is C20H23ClN2O2S. The monoisotopic (exact) mass is 390 g/mol. The van der Waals surface area contributed by atoms with Gasteiger partial charge in [0.05, 0.1) is 18.2 Å². The van der Waals surface area contributed by atoms with Crippen LogP contribution in [0.1, 0.15) is 45.1 Å². The minimum Gasteiger partial charge on any atom is -0.465 e. The zero-order valence-corrected chi connectivity index (χ0v) is 16.9. The maximum Gasteiger partial charge on any atom is 0.315 e. The first-order valence-electron chi connectivity index (χ1n) is 8.84. The van der Waals surface area contributed by atoms with E-state index in [4.69, 9.17) is 21.3 Å². The standard InChI is InChI=1S/C20H23ClN2O2S/c1-4-9-16-18(20(24)25-5-2)17(13-10-7-8-11-15(13)21)14(12-22)19(23-16)26-6-3/h7-8,10-11,17-18H,4-6,9H2,1-3H3/t17-,18?/m1/s1. The van der Waals surface area contributed by atoms with E-state index in [0.717, 1.165) is 23.4 Å². The maximum atomic E-state index is 12.8. The van der Waals surface area contributed by atoms with Gasteiger partial charge in [0.15, 0.2) is 0 Å². The number of rotatable bonds is 7. The summed E-state index contributed by atoms with van der Waals surface area (Å²) in [7, 11) is 0. The highest BCUT2D eigenvalue weighted by atomic mass is 35.5. The van der Waals surface area contributed by atoms with Crippen LogP contribution in [-0.4, -0.2) is 24.0 Å². The van der Waals surface area contributed by atoms with E-state index >= 15 is 0 Å². The molecule has 0 bridgehead atoms. The van der Waals surface area contributed by atoms with E-state index in [1.54, 1.807) is 13.0 Å². The molecule has 1 heterocycles. The number of hydrogen-bond acceptors (Lipinski definition) is 5. The fourth-order valence-electron chi connectivity index (χ4n) is 3.15. The third kappa shape index (κ3) is 4.31.